The molecule has 2 aromatic rings. The Morgan fingerprint density at radius 3 is 2.81 bits per heavy atom. The molecule has 8 nitrogen and oxygen atoms in total. The number of likely N-dealkylation sites (tertiary alicyclic amines) is 1. The molecule has 3 N–H and O–H groups in total. The molecule has 138 valence electrons. The number of para-hydroxylation sites is 1. The van der Waals surface area contributed by atoms with Crippen molar-refractivity contribution in [2.75, 3.05) is 33.4 Å². The van der Waals surface area contributed by atoms with Crippen LogP contribution in [-0.2, 0) is 14.3 Å². The molecule has 26 heavy (non-hydrogen) atoms. The minimum atomic E-state index is -1.08. The Morgan fingerprint density at radius 1 is 1.35 bits per heavy atom. The number of aliphatic carboxylic acids is 1. The normalized spacial score (nSPS) is 19.7. The largest absolute Gasteiger partial charge is 0.481 e. The highest BCUT2D eigenvalue weighted by molar-refractivity contribution is 5.99. The van der Waals surface area contributed by atoms with Crippen molar-refractivity contribution in [2.45, 2.75) is 6.42 Å². The summed E-state index contributed by atoms with van der Waals surface area (Å²) in [5.41, 5.74) is 0.139. The third-order valence-corrected chi connectivity index (χ3v) is 4.76. The molecular formula is C18H21N3O5. The maximum absolute atomic E-state index is 12.3. The Balaban J connectivity index is 1.58. The number of carbonyl (C=O) groups is 3. The molecule has 2 heterocycles. The van der Waals surface area contributed by atoms with Crippen molar-refractivity contribution in [1.29, 1.82) is 0 Å². The zero-order valence-corrected chi connectivity index (χ0v) is 14.4. The summed E-state index contributed by atoms with van der Waals surface area (Å²) in [7, 11) is 1.44. The Kier molecular flexibility index (Phi) is 4.94. The first-order valence-corrected chi connectivity index (χ1v) is 8.31. The lowest BCUT2D eigenvalue weighted by molar-refractivity contribution is -0.151. The second-order valence-corrected chi connectivity index (χ2v) is 6.54. The maximum atomic E-state index is 12.3. The van der Waals surface area contributed by atoms with Gasteiger partial charge in [-0.2, -0.15) is 0 Å². The van der Waals surface area contributed by atoms with Crippen molar-refractivity contribution in [3.8, 4) is 0 Å². The van der Waals surface area contributed by atoms with E-state index in [1.165, 1.54) is 12.0 Å². The molecule has 3 rings (SSSR count). The van der Waals surface area contributed by atoms with Gasteiger partial charge in [0.2, 0.25) is 5.91 Å². The topological polar surface area (TPSA) is 112 Å². The Hall–Kier alpha value is -2.87. The van der Waals surface area contributed by atoms with Gasteiger partial charge in [-0.05, 0) is 18.6 Å². The first-order valence-electron chi connectivity index (χ1n) is 8.31. The molecule has 1 aromatic carbocycles. The minimum Gasteiger partial charge on any atom is -0.481 e. The van der Waals surface area contributed by atoms with E-state index in [2.05, 4.69) is 10.3 Å². The van der Waals surface area contributed by atoms with Gasteiger partial charge in [-0.3, -0.25) is 14.4 Å². The van der Waals surface area contributed by atoms with E-state index in [0.29, 0.717) is 18.7 Å². The number of methoxy groups -OCH3 is 1. The zero-order chi connectivity index (χ0) is 18.7. The lowest BCUT2D eigenvalue weighted by Gasteiger charge is -2.23. The number of carboxylic acids is 1. The van der Waals surface area contributed by atoms with Crippen molar-refractivity contribution < 1.29 is 24.2 Å². The molecule has 1 aliphatic rings. The summed E-state index contributed by atoms with van der Waals surface area (Å²) in [6, 6.07) is 9.22. The molecule has 8 heteroatoms. The van der Waals surface area contributed by atoms with Gasteiger partial charge in [-0.1, -0.05) is 18.2 Å². The second kappa shape index (κ2) is 7.17. The number of carboxylic acid groups (broad SMARTS) is 1. The number of ether oxygens (including phenoxy) is 1. The van der Waals surface area contributed by atoms with E-state index in [9.17, 15) is 19.5 Å². The fourth-order valence-electron chi connectivity index (χ4n) is 3.27. The van der Waals surface area contributed by atoms with Crippen molar-refractivity contribution in [3.63, 3.8) is 0 Å². The van der Waals surface area contributed by atoms with E-state index in [-0.39, 0.29) is 31.5 Å². The molecule has 1 aromatic heterocycles. The predicted octanol–water partition coefficient (Wildman–Crippen LogP) is 0.847. The summed E-state index contributed by atoms with van der Waals surface area (Å²) >= 11 is 0. The predicted molar refractivity (Wildman–Crippen MR) is 93.8 cm³/mol. The molecule has 0 saturated carbocycles. The lowest BCUT2D eigenvalue weighted by Crippen LogP contribution is -2.43. The van der Waals surface area contributed by atoms with Crippen LogP contribution in [0.4, 0.5) is 0 Å². The van der Waals surface area contributed by atoms with E-state index >= 15 is 0 Å². The fourth-order valence-corrected chi connectivity index (χ4v) is 3.27. The van der Waals surface area contributed by atoms with Crippen LogP contribution in [0.5, 0.6) is 0 Å². The van der Waals surface area contributed by atoms with Gasteiger partial charge >= 0.3 is 5.97 Å². The minimum absolute atomic E-state index is 0.0491. The van der Waals surface area contributed by atoms with Crippen molar-refractivity contribution >= 4 is 28.7 Å². The molecule has 1 aliphatic heterocycles. The van der Waals surface area contributed by atoms with E-state index in [4.69, 9.17) is 4.74 Å². The van der Waals surface area contributed by atoms with Gasteiger partial charge in [0.05, 0.1) is 13.2 Å². The SMILES string of the molecule is COCC1(C(=O)O)CCN(C(=O)CNC(=O)c2cc3ccccc3[nH]2)C1. The molecule has 1 unspecified atom stereocenters. The summed E-state index contributed by atoms with van der Waals surface area (Å²) in [6.45, 7) is 0.276. The highest BCUT2D eigenvalue weighted by Crippen LogP contribution is 2.31. The van der Waals surface area contributed by atoms with Crippen LogP contribution >= 0.6 is 0 Å². The number of nitrogens with zero attached hydrogens (tertiary/aromatic N) is 1. The summed E-state index contributed by atoms with van der Waals surface area (Å²) in [5, 5.41) is 12.9. The molecule has 1 atom stereocenters. The van der Waals surface area contributed by atoms with Crippen molar-refractivity contribution in [2.24, 2.45) is 5.41 Å². The van der Waals surface area contributed by atoms with Crippen LogP contribution in [0.3, 0.4) is 0 Å². The molecule has 0 spiro atoms. The van der Waals surface area contributed by atoms with Crippen LogP contribution in [0.2, 0.25) is 0 Å². The number of aromatic amines is 1. The van der Waals surface area contributed by atoms with Crippen molar-refractivity contribution in [3.05, 3.63) is 36.0 Å². The first-order chi connectivity index (χ1) is 12.4. The van der Waals surface area contributed by atoms with Crippen LogP contribution < -0.4 is 5.32 Å². The summed E-state index contributed by atoms with van der Waals surface area (Å²) in [6.07, 6.45) is 0.331. The van der Waals surface area contributed by atoms with Gasteiger partial charge in [0.1, 0.15) is 11.1 Å². The number of hydrogen-bond donors (Lipinski definition) is 3. The fraction of sp³-hybridized carbons (Fsp3) is 0.389. The molecule has 0 radical (unpaired) electrons. The van der Waals surface area contributed by atoms with Gasteiger partial charge in [0.25, 0.3) is 5.91 Å². The van der Waals surface area contributed by atoms with Crippen LogP contribution in [0.15, 0.2) is 30.3 Å². The van der Waals surface area contributed by atoms with Gasteiger partial charge in [0.15, 0.2) is 0 Å². The Labute approximate surface area is 150 Å². The number of amides is 2. The molecule has 2 amide bonds. The van der Waals surface area contributed by atoms with Gasteiger partial charge < -0.3 is 25.0 Å². The number of H-pyrrole nitrogens is 1. The van der Waals surface area contributed by atoms with E-state index in [1.54, 1.807) is 6.07 Å². The number of fused-ring (bicyclic) bond motifs is 1. The number of hydrogen-bond acceptors (Lipinski definition) is 4. The van der Waals surface area contributed by atoms with Crippen LogP contribution in [0.1, 0.15) is 16.9 Å². The molecule has 0 aliphatic carbocycles. The van der Waals surface area contributed by atoms with Crippen LogP contribution in [0.25, 0.3) is 10.9 Å². The van der Waals surface area contributed by atoms with E-state index in [0.717, 1.165) is 10.9 Å². The van der Waals surface area contributed by atoms with Crippen molar-refractivity contribution in [1.82, 2.24) is 15.2 Å². The highest BCUT2D eigenvalue weighted by Gasteiger charge is 2.46. The Bertz CT molecular complexity index is 813. The third-order valence-electron chi connectivity index (χ3n) is 4.76. The van der Waals surface area contributed by atoms with Crippen LogP contribution in [0, 0.1) is 5.41 Å². The summed E-state index contributed by atoms with van der Waals surface area (Å²) < 4.78 is 5.01. The highest BCUT2D eigenvalue weighted by atomic mass is 16.5. The third kappa shape index (κ3) is 3.41. The quantitative estimate of drug-likeness (QED) is 0.708. The number of benzene rings is 1. The Morgan fingerprint density at radius 2 is 2.12 bits per heavy atom. The number of aromatic nitrogens is 1. The van der Waals surface area contributed by atoms with Crippen LogP contribution in [-0.4, -0.2) is 66.1 Å². The first kappa shape index (κ1) is 17.9. The number of nitrogens with one attached hydrogen (secondary N) is 2. The van der Waals surface area contributed by atoms with E-state index in [1.807, 2.05) is 24.3 Å². The number of carbonyl (C=O) groups excluding carboxylic acids is 2. The summed E-state index contributed by atoms with van der Waals surface area (Å²) in [4.78, 5) is 40.6. The number of rotatable bonds is 6. The average molecular weight is 359 g/mol. The average Bonchev–Trinajstić information content (AvgIpc) is 3.24. The smallest absolute Gasteiger partial charge is 0.313 e. The van der Waals surface area contributed by atoms with Gasteiger partial charge in [0, 0.05) is 31.1 Å². The zero-order valence-electron chi connectivity index (χ0n) is 14.4. The standard InChI is InChI=1S/C18H21N3O5/c1-26-11-18(17(24)25)6-7-21(10-18)15(22)9-19-16(23)14-8-12-4-2-3-5-13(12)20-14/h2-5,8,20H,6-7,9-11H2,1H3,(H,19,23)(H,24,25). The van der Waals surface area contributed by atoms with Gasteiger partial charge in [-0.25, -0.2) is 0 Å². The lowest BCUT2D eigenvalue weighted by atomic mass is 9.88. The maximum Gasteiger partial charge on any atom is 0.313 e. The second-order valence-electron chi connectivity index (χ2n) is 6.54. The molecule has 0 bridgehead atoms. The molecule has 1 fully saturated rings. The van der Waals surface area contributed by atoms with Gasteiger partial charge in [-0.15, -0.1) is 0 Å². The molecule has 1 saturated heterocycles. The monoisotopic (exact) mass is 359 g/mol. The molecular weight excluding hydrogens is 338 g/mol. The van der Waals surface area contributed by atoms with E-state index < -0.39 is 11.4 Å². The summed E-state index contributed by atoms with van der Waals surface area (Å²) in [5.74, 6) is -1.67.